The van der Waals surface area contributed by atoms with Crippen LogP contribution < -0.4 is 10.2 Å². The maximum absolute atomic E-state index is 11.7. The average molecular weight is 262 g/mol. The first-order valence-electron chi connectivity index (χ1n) is 6.54. The Bertz CT molecular complexity index is 438. The lowest BCUT2D eigenvalue weighted by Gasteiger charge is -2.21. The van der Waals surface area contributed by atoms with Crippen LogP contribution in [-0.4, -0.2) is 24.9 Å². The van der Waals surface area contributed by atoms with Crippen molar-refractivity contribution < 1.29 is 9.59 Å². The fourth-order valence-corrected chi connectivity index (χ4v) is 1.69. The van der Waals surface area contributed by atoms with E-state index >= 15 is 0 Å². The van der Waals surface area contributed by atoms with Crippen LogP contribution in [0.25, 0.3) is 0 Å². The molecule has 0 aliphatic carbocycles. The Labute approximate surface area is 114 Å². The number of carbonyl (C=O) groups excluding carboxylic acids is 2. The number of hydrogen-bond donors (Lipinski definition) is 1. The van der Waals surface area contributed by atoms with Gasteiger partial charge in [-0.2, -0.15) is 0 Å². The van der Waals surface area contributed by atoms with Gasteiger partial charge in [-0.25, -0.2) is 0 Å². The molecule has 104 valence electrons. The molecule has 1 aromatic rings. The van der Waals surface area contributed by atoms with Crippen molar-refractivity contribution in [1.29, 1.82) is 0 Å². The third kappa shape index (κ3) is 4.73. The zero-order chi connectivity index (χ0) is 14.4. The molecular formula is C15H22N2O2. The molecule has 2 amide bonds. The molecule has 0 saturated heterocycles. The number of aryl methyl sites for hydroxylation is 1. The molecular weight excluding hydrogens is 240 g/mol. The van der Waals surface area contributed by atoms with Gasteiger partial charge in [-0.3, -0.25) is 9.59 Å². The van der Waals surface area contributed by atoms with Crippen LogP contribution in [0.3, 0.4) is 0 Å². The molecule has 4 nitrogen and oxygen atoms in total. The van der Waals surface area contributed by atoms with Gasteiger partial charge in [0.25, 0.3) is 0 Å². The molecule has 0 heterocycles. The van der Waals surface area contributed by atoms with E-state index in [2.05, 4.69) is 5.32 Å². The second-order valence-corrected chi connectivity index (χ2v) is 4.95. The Morgan fingerprint density at radius 1 is 1.21 bits per heavy atom. The largest absolute Gasteiger partial charge is 0.354 e. The van der Waals surface area contributed by atoms with Crippen molar-refractivity contribution in [1.82, 2.24) is 5.32 Å². The number of benzene rings is 1. The van der Waals surface area contributed by atoms with E-state index in [0.717, 1.165) is 11.3 Å². The summed E-state index contributed by atoms with van der Waals surface area (Å²) in [7, 11) is 0. The predicted molar refractivity (Wildman–Crippen MR) is 77.1 cm³/mol. The summed E-state index contributed by atoms with van der Waals surface area (Å²) in [6.45, 7) is 8.17. The van der Waals surface area contributed by atoms with Crippen molar-refractivity contribution in [2.45, 2.75) is 27.7 Å². The molecule has 0 fully saturated rings. The van der Waals surface area contributed by atoms with Crippen molar-refractivity contribution in [3.8, 4) is 0 Å². The highest BCUT2D eigenvalue weighted by atomic mass is 16.2. The van der Waals surface area contributed by atoms with Gasteiger partial charge in [0.15, 0.2) is 0 Å². The summed E-state index contributed by atoms with van der Waals surface area (Å²) in [6, 6.07) is 7.78. The summed E-state index contributed by atoms with van der Waals surface area (Å²) in [5, 5.41) is 2.82. The Morgan fingerprint density at radius 2 is 1.79 bits per heavy atom. The van der Waals surface area contributed by atoms with Crippen LogP contribution in [0.2, 0.25) is 0 Å². The standard InChI is InChI=1S/C15H22N2O2/c1-11(2)15(19)16-9-10-17(13(4)18)14-7-5-12(3)6-8-14/h5-8,11H,9-10H2,1-4H3,(H,16,19). The van der Waals surface area contributed by atoms with E-state index in [9.17, 15) is 9.59 Å². The molecule has 0 aliphatic rings. The van der Waals surface area contributed by atoms with Crippen molar-refractivity contribution in [3.63, 3.8) is 0 Å². The summed E-state index contributed by atoms with van der Waals surface area (Å²) in [6.07, 6.45) is 0. The van der Waals surface area contributed by atoms with Crippen LogP contribution in [0.1, 0.15) is 26.3 Å². The SMILES string of the molecule is CC(=O)N(CCNC(=O)C(C)C)c1ccc(C)cc1. The maximum atomic E-state index is 11.7. The van der Waals surface area contributed by atoms with Crippen LogP contribution in [0.5, 0.6) is 0 Å². The van der Waals surface area contributed by atoms with Gasteiger partial charge in [-0.15, -0.1) is 0 Å². The molecule has 0 spiro atoms. The molecule has 0 aliphatic heterocycles. The van der Waals surface area contributed by atoms with Gasteiger partial charge in [-0.05, 0) is 19.1 Å². The summed E-state index contributed by atoms with van der Waals surface area (Å²) >= 11 is 0. The first-order chi connectivity index (χ1) is 8.91. The molecule has 19 heavy (non-hydrogen) atoms. The number of nitrogens with zero attached hydrogens (tertiary/aromatic N) is 1. The lowest BCUT2D eigenvalue weighted by atomic mass is 10.2. The van der Waals surface area contributed by atoms with E-state index in [4.69, 9.17) is 0 Å². The maximum Gasteiger partial charge on any atom is 0.223 e. The topological polar surface area (TPSA) is 49.4 Å². The second-order valence-electron chi connectivity index (χ2n) is 4.95. The van der Waals surface area contributed by atoms with Crippen LogP contribution in [0.4, 0.5) is 5.69 Å². The highest BCUT2D eigenvalue weighted by molar-refractivity contribution is 5.91. The van der Waals surface area contributed by atoms with Crippen LogP contribution in [0.15, 0.2) is 24.3 Å². The number of rotatable bonds is 5. The highest BCUT2D eigenvalue weighted by Gasteiger charge is 2.12. The Kier molecular flexibility index (Phi) is 5.55. The molecule has 1 rings (SSSR count). The lowest BCUT2D eigenvalue weighted by molar-refractivity contribution is -0.124. The Morgan fingerprint density at radius 3 is 2.26 bits per heavy atom. The zero-order valence-corrected chi connectivity index (χ0v) is 12.1. The fraction of sp³-hybridized carbons (Fsp3) is 0.467. The van der Waals surface area contributed by atoms with Gasteiger partial charge < -0.3 is 10.2 Å². The molecule has 0 unspecified atom stereocenters. The van der Waals surface area contributed by atoms with Crippen molar-refractivity contribution in [3.05, 3.63) is 29.8 Å². The van der Waals surface area contributed by atoms with Crippen molar-refractivity contribution in [2.75, 3.05) is 18.0 Å². The van der Waals surface area contributed by atoms with Crippen LogP contribution >= 0.6 is 0 Å². The van der Waals surface area contributed by atoms with Crippen LogP contribution in [-0.2, 0) is 9.59 Å². The van der Waals surface area contributed by atoms with Gasteiger partial charge in [0.1, 0.15) is 0 Å². The molecule has 0 bridgehead atoms. The smallest absolute Gasteiger partial charge is 0.223 e. The molecule has 0 aromatic heterocycles. The normalized spacial score (nSPS) is 10.4. The minimum Gasteiger partial charge on any atom is -0.354 e. The van der Waals surface area contributed by atoms with Crippen molar-refractivity contribution >= 4 is 17.5 Å². The third-order valence-electron chi connectivity index (χ3n) is 2.88. The van der Waals surface area contributed by atoms with E-state index in [1.165, 1.54) is 6.92 Å². The van der Waals surface area contributed by atoms with E-state index in [1.807, 2.05) is 45.0 Å². The first-order valence-corrected chi connectivity index (χ1v) is 6.54. The van der Waals surface area contributed by atoms with E-state index in [-0.39, 0.29) is 17.7 Å². The zero-order valence-electron chi connectivity index (χ0n) is 12.1. The summed E-state index contributed by atoms with van der Waals surface area (Å²) in [4.78, 5) is 24.8. The number of anilines is 1. The lowest BCUT2D eigenvalue weighted by Crippen LogP contribution is -2.38. The summed E-state index contributed by atoms with van der Waals surface area (Å²) in [5.74, 6) is -0.0554. The average Bonchev–Trinajstić information content (AvgIpc) is 2.35. The molecule has 0 saturated carbocycles. The molecule has 0 radical (unpaired) electrons. The predicted octanol–water partition coefficient (Wildman–Crippen LogP) is 2.12. The number of nitrogens with one attached hydrogen (secondary N) is 1. The summed E-state index contributed by atoms with van der Waals surface area (Å²) in [5.41, 5.74) is 2.01. The molecule has 4 heteroatoms. The second kappa shape index (κ2) is 6.92. The van der Waals surface area contributed by atoms with Crippen molar-refractivity contribution in [2.24, 2.45) is 5.92 Å². The summed E-state index contributed by atoms with van der Waals surface area (Å²) < 4.78 is 0. The molecule has 1 N–H and O–H groups in total. The Hall–Kier alpha value is -1.84. The minimum absolute atomic E-state index is 0.00686. The van der Waals surface area contributed by atoms with E-state index in [0.29, 0.717) is 13.1 Å². The van der Waals surface area contributed by atoms with Gasteiger partial charge in [0.2, 0.25) is 11.8 Å². The van der Waals surface area contributed by atoms with Crippen LogP contribution in [0, 0.1) is 12.8 Å². The van der Waals surface area contributed by atoms with Gasteiger partial charge in [-0.1, -0.05) is 31.5 Å². The van der Waals surface area contributed by atoms with E-state index in [1.54, 1.807) is 4.90 Å². The van der Waals surface area contributed by atoms with E-state index < -0.39 is 0 Å². The first kappa shape index (κ1) is 15.2. The fourth-order valence-electron chi connectivity index (χ4n) is 1.69. The minimum atomic E-state index is -0.0369. The molecule has 0 atom stereocenters. The van der Waals surface area contributed by atoms with Gasteiger partial charge in [0, 0.05) is 31.6 Å². The van der Waals surface area contributed by atoms with Gasteiger partial charge >= 0.3 is 0 Å². The quantitative estimate of drug-likeness (QED) is 0.883. The number of carbonyl (C=O) groups is 2. The molecule has 1 aromatic carbocycles. The third-order valence-corrected chi connectivity index (χ3v) is 2.88. The Balaban J connectivity index is 2.62. The monoisotopic (exact) mass is 262 g/mol. The number of amides is 2. The number of hydrogen-bond acceptors (Lipinski definition) is 2. The highest BCUT2D eigenvalue weighted by Crippen LogP contribution is 2.14. The van der Waals surface area contributed by atoms with Gasteiger partial charge in [0.05, 0.1) is 0 Å².